The highest BCUT2D eigenvalue weighted by molar-refractivity contribution is 7.47. The summed E-state index contributed by atoms with van der Waals surface area (Å²) in [6.45, 7) is 7.02. The zero-order chi connectivity index (χ0) is 53.6. The third-order valence-corrected chi connectivity index (χ3v) is 15.1. The van der Waals surface area contributed by atoms with E-state index in [-0.39, 0.29) is 31.5 Å². The van der Waals surface area contributed by atoms with Crippen molar-refractivity contribution in [2.45, 2.75) is 315 Å². The van der Waals surface area contributed by atoms with Crippen LogP contribution in [0.2, 0.25) is 0 Å². The molecule has 0 aromatic carbocycles. The summed E-state index contributed by atoms with van der Waals surface area (Å²) in [4.78, 5) is 37.7. The van der Waals surface area contributed by atoms with Gasteiger partial charge in [-0.25, -0.2) is 4.57 Å². The van der Waals surface area contributed by atoms with Gasteiger partial charge < -0.3 is 19.4 Å². The Morgan fingerprint density at radius 3 is 1.26 bits per heavy atom. The number of rotatable bonds is 57. The van der Waals surface area contributed by atoms with Crippen LogP contribution in [0.25, 0.3) is 0 Å². The number of quaternary nitrogens is 1. The molecule has 10 heteroatoms. The first kappa shape index (κ1) is 71.2. The van der Waals surface area contributed by atoms with Gasteiger partial charge in [0.15, 0.2) is 0 Å². The number of hydrogen-bond acceptors (Lipinski definition) is 6. The number of phosphoric acid groups is 1. The lowest BCUT2D eigenvalue weighted by atomic mass is 10.0. The van der Waals surface area contributed by atoms with Crippen LogP contribution in [-0.4, -0.2) is 74.3 Å². The van der Waals surface area contributed by atoms with Gasteiger partial charge in [-0.3, -0.25) is 18.6 Å². The quantitative estimate of drug-likeness (QED) is 0.0205. The Hall–Kier alpha value is -1.77. The van der Waals surface area contributed by atoms with Gasteiger partial charge in [-0.2, -0.15) is 0 Å². The highest BCUT2D eigenvalue weighted by Gasteiger charge is 2.30. The van der Waals surface area contributed by atoms with Gasteiger partial charge in [0.05, 0.1) is 33.8 Å². The minimum Gasteiger partial charge on any atom is -0.456 e. The maximum absolute atomic E-state index is 13.5. The summed E-state index contributed by atoms with van der Waals surface area (Å²) in [5.41, 5.74) is 0. The normalized spacial score (nSPS) is 13.9. The fourth-order valence-corrected chi connectivity index (χ4v) is 9.94. The molecule has 0 aromatic rings. The smallest absolute Gasteiger partial charge is 0.456 e. The maximum atomic E-state index is 13.5. The summed E-state index contributed by atoms with van der Waals surface area (Å²) in [6.07, 6.45) is 64.2. The number of carbonyl (C=O) groups excluding carboxylic acids is 2. The summed E-state index contributed by atoms with van der Waals surface area (Å²) < 4.78 is 30.7. The standard InChI is InChI=1S/C63H121N2O7P/c1-7-10-13-16-19-22-25-27-29-31-32-34-36-38-41-44-47-50-53-56-63(67)72-61(54-51-48-45-42-39-24-21-18-15-12-9-3)60(59-71-73(68,69)70-58-57-65(4,5)6)64-62(66)55-52-49-46-43-40-37-35-33-30-28-26-23-20-17-14-11-8-2/h19,22,27,29,51,54,60-61H,7-18,20-21,23-26,28,30-50,52-53,55-59H2,1-6H3,(H-,64,66,68,69)/p+1/b22-19-,29-27-,54-51+. The molecule has 2 N–H and O–H groups in total. The topological polar surface area (TPSA) is 111 Å². The number of nitrogens with zero attached hydrogens (tertiary/aromatic N) is 1. The number of amides is 1. The van der Waals surface area contributed by atoms with Crippen molar-refractivity contribution in [2.24, 2.45) is 0 Å². The number of ether oxygens (including phenoxy) is 1. The van der Waals surface area contributed by atoms with Gasteiger partial charge >= 0.3 is 13.8 Å². The van der Waals surface area contributed by atoms with Gasteiger partial charge in [-0.1, -0.05) is 263 Å². The zero-order valence-electron chi connectivity index (χ0n) is 49.1. The molecular formula is C63H122N2O7P+. The molecule has 73 heavy (non-hydrogen) atoms. The molecule has 0 aliphatic heterocycles. The Balaban J connectivity index is 5.19. The summed E-state index contributed by atoms with van der Waals surface area (Å²) >= 11 is 0. The first-order valence-electron chi connectivity index (χ1n) is 31.3. The molecule has 0 aromatic heterocycles. The molecule has 0 spiro atoms. The second-order valence-electron chi connectivity index (χ2n) is 22.6. The van der Waals surface area contributed by atoms with Crippen LogP contribution in [0.3, 0.4) is 0 Å². The lowest BCUT2D eigenvalue weighted by Crippen LogP contribution is -2.47. The highest BCUT2D eigenvalue weighted by Crippen LogP contribution is 2.43. The van der Waals surface area contributed by atoms with E-state index in [1.807, 2.05) is 33.3 Å². The molecule has 0 rings (SSSR count). The molecular weight excluding hydrogens is 928 g/mol. The lowest BCUT2D eigenvalue weighted by molar-refractivity contribution is -0.870. The van der Waals surface area contributed by atoms with E-state index in [1.165, 1.54) is 205 Å². The summed E-state index contributed by atoms with van der Waals surface area (Å²) in [6, 6.07) is -0.845. The minimum absolute atomic E-state index is 0.0419. The third kappa shape index (κ3) is 54.8. The molecule has 0 saturated heterocycles. The van der Waals surface area contributed by atoms with Crippen LogP contribution in [0.5, 0.6) is 0 Å². The first-order chi connectivity index (χ1) is 35.4. The van der Waals surface area contributed by atoms with E-state index in [1.54, 1.807) is 0 Å². The first-order valence-corrected chi connectivity index (χ1v) is 32.8. The second kappa shape index (κ2) is 53.6. The van der Waals surface area contributed by atoms with Gasteiger partial charge in [0.1, 0.15) is 19.3 Å². The average Bonchev–Trinajstić information content (AvgIpc) is 3.35. The predicted octanol–water partition coefficient (Wildman–Crippen LogP) is 19.1. The Bertz CT molecular complexity index is 1350. The Morgan fingerprint density at radius 1 is 0.479 bits per heavy atom. The maximum Gasteiger partial charge on any atom is 0.472 e. The van der Waals surface area contributed by atoms with Crippen LogP contribution in [0.1, 0.15) is 303 Å². The van der Waals surface area contributed by atoms with E-state index >= 15 is 0 Å². The van der Waals surface area contributed by atoms with Crippen molar-refractivity contribution in [3.63, 3.8) is 0 Å². The number of unbranched alkanes of at least 4 members (excludes halogenated alkanes) is 37. The van der Waals surface area contributed by atoms with Gasteiger partial charge in [0.2, 0.25) is 5.91 Å². The van der Waals surface area contributed by atoms with E-state index in [0.717, 1.165) is 64.2 Å². The molecule has 1 amide bonds. The monoisotopic (exact) mass is 1050 g/mol. The van der Waals surface area contributed by atoms with Crippen LogP contribution < -0.4 is 5.32 Å². The molecule has 430 valence electrons. The molecule has 0 aliphatic carbocycles. The van der Waals surface area contributed by atoms with Gasteiger partial charge in [0, 0.05) is 12.8 Å². The van der Waals surface area contributed by atoms with Crippen LogP contribution in [0, 0.1) is 0 Å². The van der Waals surface area contributed by atoms with Crippen LogP contribution in [0.15, 0.2) is 36.5 Å². The van der Waals surface area contributed by atoms with E-state index < -0.39 is 20.0 Å². The van der Waals surface area contributed by atoms with Crippen molar-refractivity contribution >= 4 is 19.7 Å². The van der Waals surface area contributed by atoms with Crippen LogP contribution in [-0.2, 0) is 27.9 Å². The number of nitrogens with one attached hydrogen (secondary N) is 1. The molecule has 9 nitrogen and oxygen atoms in total. The van der Waals surface area contributed by atoms with Gasteiger partial charge in [-0.15, -0.1) is 0 Å². The van der Waals surface area contributed by atoms with Crippen molar-refractivity contribution in [1.82, 2.24) is 5.32 Å². The molecule has 0 heterocycles. The Kier molecular flexibility index (Phi) is 52.3. The van der Waals surface area contributed by atoms with Gasteiger partial charge in [0.25, 0.3) is 0 Å². The predicted molar refractivity (Wildman–Crippen MR) is 314 cm³/mol. The highest BCUT2D eigenvalue weighted by atomic mass is 31.2. The molecule has 3 atom stereocenters. The minimum atomic E-state index is -4.44. The number of esters is 1. The van der Waals surface area contributed by atoms with Crippen molar-refractivity contribution in [3.8, 4) is 0 Å². The van der Waals surface area contributed by atoms with Crippen molar-refractivity contribution in [2.75, 3.05) is 40.9 Å². The molecule has 0 aliphatic rings. The largest absolute Gasteiger partial charge is 0.472 e. The molecule has 3 unspecified atom stereocenters. The number of hydrogen-bond donors (Lipinski definition) is 2. The van der Waals surface area contributed by atoms with Gasteiger partial charge in [-0.05, 0) is 63.9 Å². The number of carbonyl (C=O) groups is 2. The number of allylic oxidation sites excluding steroid dienone is 5. The van der Waals surface area contributed by atoms with Crippen molar-refractivity contribution < 1.29 is 37.3 Å². The average molecular weight is 1050 g/mol. The lowest BCUT2D eigenvalue weighted by Gasteiger charge is -2.27. The number of likely N-dealkylation sites (N-methyl/N-ethyl adjacent to an activating group) is 1. The summed E-state index contributed by atoms with van der Waals surface area (Å²) in [5.74, 6) is -0.497. The zero-order valence-corrected chi connectivity index (χ0v) is 50.0. The summed E-state index contributed by atoms with van der Waals surface area (Å²) in [5, 5.41) is 3.06. The molecule has 0 saturated carbocycles. The van der Waals surface area contributed by atoms with Crippen LogP contribution >= 0.6 is 7.82 Å². The van der Waals surface area contributed by atoms with E-state index in [2.05, 4.69) is 50.4 Å². The molecule has 0 fully saturated rings. The van der Waals surface area contributed by atoms with E-state index in [4.69, 9.17) is 13.8 Å². The fraction of sp³-hybridized carbons (Fsp3) is 0.873. The number of phosphoric ester groups is 1. The summed E-state index contributed by atoms with van der Waals surface area (Å²) in [7, 11) is 1.51. The molecule has 0 radical (unpaired) electrons. The Morgan fingerprint density at radius 2 is 0.836 bits per heavy atom. The fourth-order valence-electron chi connectivity index (χ4n) is 9.21. The second-order valence-corrected chi connectivity index (χ2v) is 24.0. The van der Waals surface area contributed by atoms with Crippen LogP contribution in [0.4, 0.5) is 0 Å². The van der Waals surface area contributed by atoms with Crippen molar-refractivity contribution in [3.05, 3.63) is 36.5 Å². The molecule has 0 bridgehead atoms. The van der Waals surface area contributed by atoms with E-state index in [9.17, 15) is 19.0 Å². The SMILES string of the molecule is CCCCC/C=C\C/C=C\CCCCCCCCCCCC(=O)OC(/C=C/CCCCCCCCCCC)C(COP(=O)(O)OCC[N+](C)(C)C)NC(=O)CCCCCCCCCCCCCCCCCCC. The Labute approximate surface area is 453 Å². The third-order valence-electron chi connectivity index (χ3n) is 14.1. The van der Waals surface area contributed by atoms with E-state index in [0.29, 0.717) is 17.4 Å². The van der Waals surface area contributed by atoms with Crippen molar-refractivity contribution in [1.29, 1.82) is 0 Å².